The first-order valence-corrected chi connectivity index (χ1v) is 6.55. The summed E-state index contributed by atoms with van der Waals surface area (Å²) in [6, 6.07) is 18.1. The van der Waals surface area contributed by atoms with E-state index in [4.69, 9.17) is 0 Å². The number of ketones is 1. The lowest BCUT2D eigenvalue weighted by Gasteiger charge is -2.06. The van der Waals surface area contributed by atoms with Crippen LogP contribution in [0, 0.1) is 0 Å². The molecule has 0 heterocycles. The Labute approximate surface area is 118 Å². The number of amides is 1. The fourth-order valence-electron chi connectivity index (χ4n) is 1.93. The second kappa shape index (κ2) is 6.66. The zero-order chi connectivity index (χ0) is 14.4. The molecule has 3 heteroatoms. The minimum atomic E-state index is -0.232. The summed E-state index contributed by atoms with van der Waals surface area (Å²) >= 11 is 0. The predicted molar refractivity (Wildman–Crippen MR) is 79.0 cm³/mol. The molecule has 0 saturated heterocycles. The molecule has 0 aliphatic rings. The van der Waals surface area contributed by atoms with Crippen LogP contribution in [0.2, 0.25) is 0 Å². The van der Waals surface area contributed by atoms with Crippen molar-refractivity contribution < 1.29 is 9.59 Å². The smallest absolute Gasteiger partial charge is 0.227 e. The van der Waals surface area contributed by atoms with Gasteiger partial charge in [-0.15, -0.1) is 0 Å². The lowest BCUT2D eigenvalue weighted by Crippen LogP contribution is -2.24. The van der Waals surface area contributed by atoms with Gasteiger partial charge in [0.1, 0.15) is 5.78 Å². The third-order valence-electron chi connectivity index (χ3n) is 2.96. The number of benzene rings is 2. The van der Waals surface area contributed by atoms with Crippen molar-refractivity contribution in [3.63, 3.8) is 0 Å². The third-order valence-corrected chi connectivity index (χ3v) is 2.96. The van der Waals surface area contributed by atoms with Gasteiger partial charge in [-0.05, 0) is 23.6 Å². The summed E-state index contributed by atoms with van der Waals surface area (Å²) in [7, 11) is 0. The Balaban J connectivity index is 1.95. The second-order valence-electron chi connectivity index (χ2n) is 4.72. The Bertz CT molecular complexity index is 588. The highest BCUT2D eigenvalue weighted by atomic mass is 16.2. The SMILES string of the molecule is CC(=O)CC(=O)NCc1ccc(-c2ccccc2)cc1. The molecule has 0 aromatic heterocycles. The molecule has 0 radical (unpaired) electrons. The van der Waals surface area contributed by atoms with E-state index in [1.54, 1.807) is 0 Å². The summed E-state index contributed by atoms with van der Waals surface area (Å²) in [5.74, 6) is -0.355. The summed E-state index contributed by atoms with van der Waals surface area (Å²) in [4.78, 5) is 22.2. The van der Waals surface area contributed by atoms with E-state index in [1.165, 1.54) is 12.5 Å². The number of carbonyl (C=O) groups is 2. The topological polar surface area (TPSA) is 46.2 Å². The highest BCUT2D eigenvalue weighted by molar-refractivity contribution is 5.96. The van der Waals surface area contributed by atoms with Crippen molar-refractivity contribution in [3.05, 3.63) is 60.2 Å². The van der Waals surface area contributed by atoms with Crippen molar-refractivity contribution in [1.29, 1.82) is 0 Å². The minimum Gasteiger partial charge on any atom is -0.352 e. The summed E-state index contributed by atoms with van der Waals surface area (Å²) in [6.45, 7) is 1.86. The van der Waals surface area contributed by atoms with Gasteiger partial charge in [-0.1, -0.05) is 54.6 Å². The highest BCUT2D eigenvalue weighted by Crippen LogP contribution is 2.19. The molecule has 0 bridgehead atoms. The summed E-state index contributed by atoms with van der Waals surface area (Å²) in [5, 5.41) is 2.73. The van der Waals surface area contributed by atoms with E-state index in [0.717, 1.165) is 11.1 Å². The first kappa shape index (κ1) is 14.0. The monoisotopic (exact) mass is 267 g/mol. The maximum absolute atomic E-state index is 11.4. The van der Waals surface area contributed by atoms with E-state index < -0.39 is 0 Å². The largest absolute Gasteiger partial charge is 0.352 e. The van der Waals surface area contributed by atoms with Gasteiger partial charge in [0.15, 0.2) is 0 Å². The average molecular weight is 267 g/mol. The van der Waals surface area contributed by atoms with Gasteiger partial charge in [-0.25, -0.2) is 0 Å². The van der Waals surface area contributed by atoms with Crippen LogP contribution in [-0.2, 0) is 16.1 Å². The van der Waals surface area contributed by atoms with Crippen LogP contribution in [0.15, 0.2) is 54.6 Å². The van der Waals surface area contributed by atoms with E-state index in [0.29, 0.717) is 6.54 Å². The van der Waals surface area contributed by atoms with Crippen LogP contribution < -0.4 is 5.32 Å². The molecule has 2 aromatic rings. The van der Waals surface area contributed by atoms with Crippen molar-refractivity contribution in [2.24, 2.45) is 0 Å². The molecule has 0 spiro atoms. The molecule has 1 amide bonds. The second-order valence-corrected chi connectivity index (χ2v) is 4.72. The van der Waals surface area contributed by atoms with Crippen LogP contribution in [0.1, 0.15) is 18.9 Å². The summed E-state index contributed by atoms with van der Waals surface area (Å²) in [6.07, 6.45) is -0.0535. The molecule has 102 valence electrons. The van der Waals surface area contributed by atoms with Crippen LogP contribution in [0.4, 0.5) is 0 Å². The minimum absolute atomic E-state index is 0.0535. The third kappa shape index (κ3) is 4.05. The molecule has 0 aliphatic heterocycles. The molecule has 0 unspecified atom stereocenters. The number of hydrogen-bond donors (Lipinski definition) is 1. The fraction of sp³-hybridized carbons (Fsp3) is 0.176. The van der Waals surface area contributed by atoms with Crippen molar-refractivity contribution >= 4 is 11.7 Å². The molecular weight excluding hydrogens is 250 g/mol. The van der Waals surface area contributed by atoms with Crippen LogP contribution in [-0.4, -0.2) is 11.7 Å². The molecule has 2 aromatic carbocycles. The molecule has 0 atom stereocenters. The number of rotatable bonds is 5. The van der Waals surface area contributed by atoms with Crippen molar-refractivity contribution in [2.75, 3.05) is 0 Å². The van der Waals surface area contributed by atoms with E-state index in [2.05, 4.69) is 17.4 Å². The number of hydrogen-bond acceptors (Lipinski definition) is 2. The van der Waals surface area contributed by atoms with Crippen LogP contribution in [0.5, 0.6) is 0 Å². The van der Waals surface area contributed by atoms with Gasteiger partial charge in [-0.2, -0.15) is 0 Å². The van der Waals surface area contributed by atoms with Crippen LogP contribution in [0.3, 0.4) is 0 Å². The predicted octanol–water partition coefficient (Wildman–Crippen LogP) is 2.95. The van der Waals surface area contributed by atoms with Gasteiger partial charge in [0.25, 0.3) is 0 Å². The Kier molecular flexibility index (Phi) is 4.66. The molecule has 2 rings (SSSR count). The normalized spacial score (nSPS) is 10.1. The van der Waals surface area contributed by atoms with Gasteiger partial charge < -0.3 is 5.32 Å². The number of carbonyl (C=O) groups excluding carboxylic acids is 2. The summed E-state index contributed by atoms with van der Waals surface area (Å²) in [5.41, 5.74) is 3.32. The van der Waals surface area contributed by atoms with E-state index in [-0.39, 0.29) is 18.1 Å². The van der Waals surface area contributed by atoms with Gasteiger partial charge in [0, 0.05) is 6.54 Å². The van der Waals surface area contributed by atoms with Crippen LogP contribution in [0.25, 0.3) is 11.1 Å². The zero-order valence-corrected chi connectivity index (χ0v) is 11.4. The Morgan fingerprint density at radius 1 is 0.900 bits per heavy atom. The van der Waals surface area contributed by atoms with Gasteiger partial charge in [0.2, 0.25) is 5.91 Å². The molecule has 1 N–H and O–H groups in total. The lowest BCUT2D eigenvalue weighted by atomic mass is 10.0. The Morgan fingerprint density at radius 3 is 2.10 bits per heavy atom. The van der Waals surface area contributed by atoms with E-state index in [9.17, 15) is 9.59 Å². The lowest BCUT2D eigenvalue weighted by molar-refractivity contribution is -0.127. The fourth-order valence-corrected chi connectivity index (χ4v) is 1.93. The Hall–Kier alpha value is -2.42. The molecule has 0 aliphatic carbocycles. The summed E-state index contributed by atoms with van der Waals surface area (Å²) < 4.78 is 0. The first-order valence-electron chi connectivity index (χ1n) is 6.55. The number of Topliss-reactive ketones (excluding diaryl/α,β-unsaturated/α-hetero) is 1. The standard InChI is InChI=1S/C17H17NO2/c1-13(19)11-17(20)18-12-14-7-9-16(10-8-14)15-5-3-2-4-6-15/h2-10H,11-12H2,1H3,(H,18,20). The maximum atomic E-state index is 11.4. The molecule has 20 heavy (non-hydrogen) atoms. The van der Waals surface area contributed by atoms with Crippen molar-refractivity contribution in [1.82, 2.24) is 5.32 Å². The maximum Gasteiger partial charge on any atom is 0.227 e. The Morgan fingerprint density at radius 2 is 1.50 bits per heavy atom. The van der Waals surface area contributed by atoms with E-state index in [1.807, 2.05) is 42.5 Å². The van der Waals surface area contributed by atoms with Gasteiger partial charge >= 0.3 is 0 Å². The van der Waals surface area contributed by atoms with Crippen molar-refractivity contribution in [2.45, 2.75) is 19.9 Å². The number of nitrogens with one attached hydrogen (secondary N) is 1. The molecule has 0 saturated carbocycles. The quantitative estimate of drug-likeness (QED) is 0.847. The van der Waals surface area contributed by atoms with Gasteiger partial charge in [-0.3, -0.25) is 9.59 Å². The molecule has 3 nitrogen and oxygen atoms in total. The molecular formula is C17H17NO2. The first-order chi connectivity index (χ1) is 9.65. The van der Waals surface area contributed by atoms with Gasteiger partial charge in [0.05, 0.1) is 6.42 Å². The van der Waals surface area contributed by atoms with E-state index >= 15 is 0 Å². The zero-order valence-electron chi connectivity index (χ0n) is 11.4. The van der Waals surface area contributed by atoms with Crippen molar-refractivity contribution in [3.8, 4) is 11.1 Å². The molecule has 0 fully saturated rings. The van der Waals surface area contributed by atoms with Crippen LogP contribution >= 0.6 is 0 Å². The average Bonchev–Trinajstić information content (AvgIpc) is 2.46. The highest BCUT2D eigenvalue weighted by Gasteiger charge is 2.04.